The van der Waals surface area contributed by atoms with Crippen molar-refractivity contribution in [2.75, 3.05) is 0 Å². The topological polar surface area (TPSA) is 200 Å². The van der Waals surface area contributed by atoms with Gasteiger partial charge in [0.05, 0.1) is 53.6 Å². The van der Waals surface area contributed by atoms with Gasteiger partial charge in [-0.25, -0.2) is 0 Å². The second-order valence-electron chi connectivity index (χ2n) is 10.0. The van der Waals surface area contributed by atoms with Gasteiger partial charge in [-0.05, 0) is 20.3 Å². The third-order valence-corrected chi connectivity index (χ3v) is 7.78. The van der Waals surface area contributed by atoms with Crippen LogP contribution in [0.4, 0.5) is 0 Å². The van der Waals surface area contributed by atoms with Gasteiger partial charge in [-0.3, -0.25) is 14.4 Å². The van der Waals surface area contributed by atoms with E-state index in [1.54, 1.807) is 6.92 Å². The molecule has 204 valence electrons. The van der Waals surface area contributed by atoms with Crippen LogP contribution >= 0.6 is 0 Å². The summed E-state index contributed by atoms with van der Waals surface area (Å²) in [5.74, 6) is -5.80. The molecule has 1 aromatic carbocycles. The number of aliphatic hydroxyl groups excluding tert-OH is 1. The molecule has 5 aliphatic rings. The Kier molecular flexibility index (Phi) is 6.35. The average Bonchev–Trinajstić information content (AvgIpc) is 2.85. The number of carboxylic acid groups (broad SMARTS) is 1. The van der Waals surface area contributed by atoms with Crippen LogP contribution in [-0.2, 0) is 19.0 Å². The Morgan fingerprint density at radius 1 is 1.05 bits per heavy atom. The van der Waals surface area contributed by atoms with Crippen LogP contribution in [0.1, 0.15) is 65.8 Å². The van der Waals surface area contributed by atoms with Gasteiger partial charge in [0.2, 0.25) is 0 Å². The average molecular weight is 532 g/mol. The number of phenols is 3. The predicted octanol–water partition coefficient (Wildman–Crippen LogP) is 1.16. The normalized spacial score (nSPS) is 34.5. The van der Waals surface area contributed by atoms with Gasteiger partial charge >= 0.3 is 5.97 Å². The van der Waals surface area contributed by atoms with Gasteiger partial charge in [0, 0.05) is 24.0 Å². The quantitative estimate of drug-likeness (QED) is 0.234. The van der Waals surface area contributed by atoms with Gasteiger partial charge in [0.1, 0.15) is 11.4 Å². The minimum absolute atomic E-state index is 0.0129. The maximum Gasteiger partial charge on any atom is 0.307 e. The summed E-state index contributed by atoms with van der Waals surface area (Å²) in [5, 5.41) is 62.8. The number of hydrogen-bond acceptors (Lipinski definition) is 11. The number of benzene rings is 1. The lowest BCUT2D eigenvalue weighted by molar-refractivity contribution is -0.291. The van der Waals surface area contributed by atoms with Crippen LogP contribution in [0.25, 0.3) is 6.08 Å². The number of carbonyl (C=O) groups excluding carboxylic acids is 2. The lowest BCUT2D eigenvalue weighted by atomic mass is 9.63. The number of rotatable bonds is 5. The number of ketones is 2. The zero-order chi connectivity index (χ0) is 27.7. The Hall–Kier alpha value is -3.29. The van der Waals surface area contributed by atoms with Gasteiger partial charge < -0.3 is 44.8 Å². The first-order chi connectivity index (χ1) is 17.9. The van der Waals surface area contributed by atoms with E-state index in [1.807, 2.05) is 0 Å². The monoisotopic (exact) mass is 532 g/mol. The molecule has 3 aliphatic heterocycles. The van der Waals surface area contributed by atoms with Crippen molar-refractivity contribution in [3.63, 3.8) is 0 Å². The number of ether oxygens (including phenoxy) is 3. The fourth-order valence-corrected chi connectivity index (χ4v) is 5.78. The van der Waals surface area contributed by atoms with E-state index in [0.29, 0.717) is 12.8 Å². The van der Waals surface area contributed by atoms with E-state index in [9.17, 15) is 39.9 Å². The molecule has 2 fully saturated rings. The van der Waals surface area contributed by atoms with E-state index in [2.05, 4.69) is 0 Å². The first-order valence-corrected chi connectivity index (χ1v) is 12.3. The highest BCUT2D eigenvalue weighted by atomic mass is 16.7. The number of carbonyl (C=O) groups is 3. The van der Waals surface area contributed by atoms with Crippen molar-refractivity contribution < 1.29 is 59.2 Å². The molecule has 6 rings (SSSR count). The lowest BCUT2D eigenvalue weighted by Gasteiger charge is -2.54. The zero-order valence-corrected chi connectivity index (χ0v) is 20.6. The SMILES string of the molecule is C[C@@H]1O[C@H](O[C@@H]2C[C@H]3O[C@@H](C)[C@]2(O)C2=C3C(=O)c3c(O)c(/C=C/CC(=O)O)c(O)c(O)c3C2=O)CC[C@H]1O. The van der Waals surface area contributed by atoms with Crippen molar-refractivity contribution >= 4 is 23.6 Å². The third-order valence-electron chi connectivity index (χ3n) is 7.78. The summed E-state index contributed by atoms with van der Waals surface area (Å²) in [5.41, 5.74) is -4.36. The molecule has 0 saturated carbocycles. The van der Waals surface area contributed by atoms with Crippen molar-refractivity contribution in [3.8, 4) is 17.2 Å². The summed E-state index contributed by atoms with van der Waals surface area (Å²) in [7, 11) is 0. The fraction of sp³-hybridized carbons (Fsp3) is 0.500. The summed E-state index contributed by atoms with van der Waals surface area (Å²) >= 11 is 0. The molecule has 38 heavy (non-hydrogen) atoms. The maximum atomic E-state index is 13.8. The second kappa shape index (κ2) is 9.17. The largest absolute Gasteiger partial charge is 0.506 e. The standard InChI is InChI=1S/C26H28O12/c1-9-12(27)6-7-16(36-9)38-14-8-13-17-20(26(14,35)10(2)37-13)24(33)19-18(23(17)32)21(30)11(22(31)25(19)34)4-3-5-15(28)29/h3-4,9-10,12-14,16,27,30-31,34-35H,5-8H2,1-2H3,(H,28,29)/b4-3+/t9-,10-,12+,13+,14+,16+,26+/m0/s1. The van der Waals surface area contributed by atoms with Crippen molar-refractivity contribution in [2.24, 2.45) is 0 Å². The van der Waals surface area contributed by atoms with Crippen LogP contribution in [0.2, 0.25) is 0 Å². The van der Waals surface area contributed by atoms with E-state index >= 15 is 0 Å². The van der Waals surface area contributed by atoms with E-state index in [0.717, 1.165) is 12.2 Å². The highest BCUT2D eigenvalue weighted by Gasteiger charge is 2.63. The smallest absolute Gasteiger partial charge is 0.307 e. The molecule has 0 radical (unpaired) electrons. The highest BCUT2D eigenvalue weighted by molar-refractivity contribution is 6.31. The van der Waals surface area contributed by atoms with Crippen molar-refractivity contribution in [1.82, 2.24) is 0 Å². The number of phenolic OH excluding ortho intramolecular Hbond substituents is 3. The van der Waals surface area contributed by atoms with Crippen LogP contribution in [-0.4, -0.2) is 90.6 Å². The molecule has 1 aromatic rings. The molecule has 2 aliphatic carbocycles. The molecule has 0 amide bonds. The van der Waals surface area contributed by atoms with Gasteiger partial charge in [-0.15, -0.1) is 0 Å². The third kappa shape index (κ3) is 3.75. The Morgan fingerprint density at radius 3 is 2.39 bits per heavy atom. The molecule has 0 spiro atoms. The van der Waals surface area contributed by atoms with Gasteiger partial charge in [0.15, 0.2) is 29.4 Å². The number of aliphatic carboxylic acids is 1. The predicted molar refractivity (Wildman–Crippen MR) is 127 cm³/mol. The van der Waals surface area contributed by atoms with Crippen molar-refractivity contribution in [3.05, 3.63) is 33.9 Å². The summed E-state index contributed by atoms with van der Waals surface area (Å²) in [4.78, 5) is 38.3. The first-order valence-electron chi connectivity index (χ1n) is 12.3. The minimum atomic E-state index is -2.13. The van der Waals surface area contributed by atoms with Crippen molar-refractivity contribution in [1.29, 1.82) is 0 Å². The van der Waals surface area contributed by atoms with Gasteiger partial charge in [-0.1, -0.05) is 12.2 Å². The van der Waals surface area contributed by atoms with Gasteiger partial charge in [0.25, 0.3) is 0 Å². The lowest BCUT2D eigenvalue weighted by Crippen LogP contribution is -2.67. The maximum absolute atomic E-state index is 13.8. The van der Waals surface area contributed by atoms with Crippen LogP contribution in [0.5, 0.6) is 17.2 Å². The van der Waals surface area contributed by atoms with E-state index in [-0.39, 0.29) is 17.6 Å². The first kappa shape index (κ1) is 26.3. The van der Waals surface area contributed by atoms with E-state index in [4.69, 9.17) is 19.3 Å². The minimum Gasteiger partial charge on any atom is -0.506 e. The molecular formula is C26H28O12. The van der Waals surface area contributed by atoms with Crippen LogP contribution in [0.15, 0.2) is 17.2 Å². The Bertz CT molecular complexity index is 1300. The number of fused-ring (bicyclic) bond motifs is 3. The second-order valence-corrected chi connectivity index (χ2v) is 10.0. The molecular weight excluding hydrogens is 504 g/mol. The van der Waals surface area contributed by atoms with Gasteiger partial charge in [-0.2, -0.15) is 0 Å². The number of aromatic hydroxyl groups is 3. The Morgan fingerprint density at radius 2 is 1.74 bits per heavy atom. The molecule has 7 atom stereocenters. The van der Waals surface area contributed by atoms with Crippen LogP contribution in [0.3, 0.4) is 0 Å². The van der Waals surface area contributed by atoms with E-state index < -0.39 is 100 Å². The van der Waals surface area contributed by atoms with Crippen molar-refractivity contribution in [2.45, 2.75) is 81.9 Å². The number of carboxylic acids is 1. The Balaban J connectivity index is 1.58. The highest BCUT2D eigenvalue weighted by Crippen LogP contribution is 2.54. The molecule has 0 unspecified atom stereocenters. The molecule has 2 bridgehead atoms. The van der Waals surface area contributed by atoms with Crippen LogP contribution in [0, 0.1) is 0 Å². The number of Topliss-reactive ketones (excluding diaryl/α,β-unsaturated/α-hetero) is 2. The summed E-state index contributed by atoms with van der Waals surface area (Å²) in [6.45, 7) is 3.19. The van der Waals surface area contributed by atoms with Crippen LogP contribution < -0.4 is 0 Å². The summed E-state index contributed by atoms with van der Waals surface area (Å²) in [6, 6.07) is 0. The Labute approximate surface area is 216 Å². The molecule has 6 N–H and O–H groups in total. The molecule has 2 saturated heterocycles. The molecule has 0 aromatic heterocycles. The fourth-order valence-electron chi connectivity index (χ4n) is 5.78. The number of aliphatic hydroxyl groups is 2. The number of hydrogen-bond donors (Lipinski definition) is 6. The van der Waals surface area contributed by atoms with E-state index in [1.165, 1.54) is 6.92 Å². The summed E-state index contributed by atoms with van der Waals surface area (Å²) < 4.78 is 17.6. The molecule has 12 heteroatoms. The molecule has 12 nitrogen and oxygen atoms in total. The zero-order valence-electron chi connectivity index (χ0n) is 20.6. The molecule has 3 heterocycles. The summed E-state index contributed by atoms with van der Waals surface area (Å²) in [6.07, 6.45) is -2.64.